The van der Waals surface area contributed by atoms with E-state index in [2.05, 4.69) is 5.32 Å². The number of rotatable bonds is 6. The first-order valence-electron chi connectivity index (χ1n) is 7.68. The highest BCUT2D eigenvalue weighted by atomic mass is 35.5. The molecule has 0 radical (unpaired) electrons. The van der Waals surface area contributed by atoms with E-state index in [-0.39, 0.29) is 17.9 Å². The number of hydrogen-bond acceptors (Lipinski definition) is 4. The summed E-state index contributed by atoms with van der Waals surface area (Å²) in [5.74, 6) is -1.55. The Kier molecular flexibility index (Phi) is 6.52. The largest absolute Gasteiger partial charge is 0.423 e. The fraction of sp³-hybridized carbons (Fsp3) is 0.105. The van der Waals surface area contributed by atoms with Crippen LogP contribution in [0.2, 0.25) is 5.02 Å². The van der Waals surface area contributed by atoms with Crippen molar-refractivity contribution < 1.29 is 19.1 Å². The van der Waals surface area contributed by atoms with Crippen LogP contribution in [0.4, 0.5) is 0 Å². The number of hydrogen-bond donors (Lipinski definition) is 2. The molecule has 134 valence electrons. The summed E-state index contributed by atoms with van der Waals surface area (Å²) in [6.07, 6.45) is 1.32. The fourth-order valence-electron chi connectivity index (χ4n) is 2.15. The second-order valence-electron chi connectivity index (χ2n) is 5.41. The summed E-state index contributed by atoms with van der Waals surface area (Å²) in [4.78, 5) is 34.7. The summed E-state index contributed by atoms with van der Waals surface area (Å²) in [6.45, 7) is 1.47. The van der Waals surface area contributed by atoms with Crippen molar-refractivity contribution in [3.05, 3.63) is 70.8 Å². The molecule has 0 fully saturated rings. The average molecular weight is 373 g/mol. The topological polar surface area (TPSA) is 98.5 Å². The molecular weight excluding hydrogens is 356 g/mol. The van der Waals surface area contributed by atoms with Crippen molar-refractivity contribution in [1.29, 1.82) is 0 Å². The van der Waals surface area contributed by atoms with Gasteiger partial charge in [-0.25, -0.2) is 4.79 Å². The second kappa shape index (κ2) is 8.82. The lowest BCUT2D eigenvalue weighted by Crippen LogP contribution is -2.33. The van der Waals surface area contributed by atoms with Crippen molar-refractivity contribution in [1.82, 2.24) is 5.32 Å². The molecule has 0 aromatic heterocycles. The van der Waals surface area contributed by atoms with Crippen molar-refractivity contribution in [2.75, 3.05) is 6.54 Å². The first-order chi connectivity index (χ1) is 12.4. The first-order valence-corrected chi connectivity index (χ1v) is 8.06. The van der Waals surface area contributed by atoms with Gasteiger partial charge in [0.15, 0.2) is 0 Å². The molecule has 2 aromatic carbocycles. The van der Waals surface area contributed by atoms with E-state index in [1.165, 1.54) is 18.2 Å². The maximum Gasteiger partial charge on any atom is 0.336 e. The Labute approximate surface area is 155 Å². The number of carbonyl (C=O) groups is 3. The van der Waals surface area contributed by atoms with Crippen LogP contribution in [-0.2, 0) is 9.59 Å². The molecule has 0 saturated carbocycles. The zero-order chi connectivity index (χ0) is 19.1. The predicted molar refractivity (Wildman–Crippen MR) is 98.7 cm³/mol. The summed E-state index contributed by atoms with van der Waals surface area (Å²) in [6, 6.07) is 13.2. The van der Waals surface area contributed by atoms with Crippen LogP contribution in [0, 0.1) is 0 Å². The normalized spacial score (nSPS) is 10.9. The van der Waals surface area contributed by atoms with E-state index in [1.54, 1.807) is 37.3 Å². The van der Waals surface area contributed by atoms with Gasteiger partial charge in [-0.05, 0) is 42.3 Å². The molecule has 0 aliphatic heterocycles. The molecule has 0 spiro atoms. The van der Waals surface area contributed by atoms with E-state index in [9.17, 15) is 14.4 Å². The minimum atomic E-state index is -0.652. The summed E-state index contributed by atoms with van der Waals surface area (Å²) in [7, 11) is 0. The van der Waals surface area contributed by atoms with Crippen molar-refractivity contribution in [3.8, 4) is 5.75 Å². The molecule has 6 nitrogen and oxygen atoms in total. The third-order valence-corrected chi connectivity index (χ3v) is 3.70. The molecule has 0 aliphatic rings. The molecule has 26 heavy (non-hydrogen) atoms. The molecular formula is C19H17ClN2O4. The lowest BCUT2D eigenvalue weighted by Gasteiger charge is -2.07. The van der Waals surface area contributed by atoms with Crippen LogP contribution in [0.25, 0.3) is 5.57 Å². The molecule has 3 N–H and O–H groups in total. The zero-order valence-corrected chi connectivity index (χ0v) is 14.7. The Bertz CT molecular complexity index is 877. The quantitative estimate of drug-likeness (QED) is 0.462. The van der Waals surface area contributed by atoms with Gasteiger partial charge in [0.05, 0.1) is 6.54 Å². The molecule has 0 unspecified atom stereocenters. The standard InChI is InChI=1S/C19H17ClN2O4/c1-12(15-7-2-3-8-16(15)20)9-18(24)26-14-6-4-5-13(10-14)19(25)22-11-17(21)23/h2-10H,11H2,1H3,(H2,21,23)(H,22,25). The molecule has 0 saturated heterocycles. The minimum absolute atomic E-state index is 0.199. The highest BCUT2D eigenvalue weighted by Gasteiger charge is 2.10. The molecule has 0 heterocycles. The smallest absolute Gasteiger partial charge is 0.336 e. The van der Waals surface area contributed by atoms with Crippen molar-refractivity contribution in [3.63, 3.8) is 0 Å². The maximum atomic E-state index is 12.1. The molecule has 0 atom stereocenters. The molecule has 7 heteroatoms. The average Bonchev–Trinajstić information content (AvgIpc) is 2.60. The van der Waals surface area contributed by atoms with Crippen LogP contribution in [0.1, 0.15) is 22.8 Å². The van der Waals surface area contributed by atoms with E-state index in [0.29, 0.717) is 10.6 Å². The van der Waals surface area contributed by atoms with E-state index < -0.39 is 17.8 Å². The maximum absolute atomic E-state index is 12.1. The first kappa shape index (κ1) is 19.2. The zero-order valence-electron chi connectivity index (χ0n) is 14.0. The molecule has 2 amide bonds. The third kappa shape index (κ3) is 5.46. The van der Waals surface area contributed by atoms with Crippen molar-refractivity contribution in [2.24, 2.45) is 5.73 Å². The number of primary amides is 1. The molecule has 2 rings (SSSR count). The second-order valence-corrected chi connectivity index (χ2v) is 5.81. The number of ether oxygens (including phenoxy) is 1. The number of amides is 2. The molecule has 2 aromatic rings. The highest BCUT2D eigenvalue weighted by molar-refractivity contribution is 6.32. The van der Waals surface area contributed by atoms with Crippen LogP contribution in [0.3, 0.4) is 0 Å². The van der Waals surface area contributed by atoms with Gasteiger partial charge in [0.1, 0.15) is 5.75 Å². The van der Waals surface area contributed by atoms with Gasteiger partial charge in [-0.3, -0.25) is 9.59 Å². The number of allylic oxidation sites excluding steroid dienone is 1. The lowest BCUT2D eigenvalue weighted by molar-refractivity contribution is -0.129. The number of halogens is 1. The van der Waals surface area contributed by atoms with E-state index in [0.717, 1.165) is 5.56 Å². The van der Waals surface area contributed by atoms with E-state index in [1.807, 2.05) is 6.07 Å². The van der Waals surface area contributed by atoms with Crippen LogP contribution in [-0.4, -0.2) is 24.3 Å². The Morgan fingerprint density at radius 2 is 1.88 bits per heavy atom. The summed E-state index contributed by atoms with van der Waals surface area (Å²) in [5, 5.41) is 2.89. The Balaban J connectivity index is 2.08. The number of benzene rings is 2. The number of esters is 1. The van der Waals surface area contributed by atoms with Crippen LogP contribution < -0.4 is 15.8 Å². The van der Waals surface area contributed by atoms with Crippen LogP contribution in [0.5, 0.6) is 5.75 Å². The number of carbonyl (C=O) groups excluding carboxylic acids is 3. The summed E-state index contributed by atoms with van der Waals surface area (Å²) >= 11 is 6.10. The van der Waals surface area contributed by atoms with Gasteiger partial charge in [-0.15, -0.1) is 0 Å². The lowest BCUT2D eigenvalue weighted by atomic mass is 10.1. The summed E-state index contributed by atoms with van der Waals surface area (Å²) in [5.41, 5.74) is 6.60. The van der Waals surface area contributed by atoms with Crippen molar-refractivity contribution in [2.45, 2.75) is 6.92 Å². The Morgan fingerprint density at radius 1 is 1.15 bits per heavy atom. The minimum Gasteiger partial charge on any atom is -0.423 e. The van der Waals surface area contributed by atoms with Gasteiger partial charge in [0.25, 0.3) is 5.91 Å². The SMILES string of the molecule is CC(=CC(=O)Oc1cccc(C(=O)NCC(N)=O)c1)c1ccccc1Cl. The monoisotopic (exact) mass is 372 g/mol. The number of nitrogens with one attached hydrogen (secondary N) is 1. The number of nitrogens with two attached hydrogens (primary N) is 1. The Hall–Kier alpha value is -3.12. The van der Waals surface area contributed by atoms with Crippen LogP contribution >= 0.6 is 11.6 Å². The fourth-order valence-corrected chi connectivity index (χ4v) is 2.44. The predicted octanol–water partition coefficient (Wildman–Crippen LogP) is 2.56. The van der Waals surface area contributed by atoms with Gasteiger partial charge in [0, 0.05) is 16.7 Å². The van der Waals surface area contributed by atoms with Gasteiger partial charge in [-0.1, -0.05) is 35.9 Å². The summed E-state index contributed by atoms with van der Waals surface area (Å²) < 4.78 is 5.23. The molecule has 0 bridgehead atoms. The third-order valence-electron chi connectivity index (χ3n) is 3.37. The van der Waals surface area contributed by atoms with Gasteiger partial charge < -0.3 is 15.8 Å². The molecule has 0 aliphatic carbocycles. The van der Waals surface area contributed by atoms with E-state index >= 15 is 0 Å². The van der Waals surface area contributed by atoms with Crippen molar-refractivity contribution >= 4 is 35.0 Å². The van der Waals surface area contributed by atoms with Gasteiger partial charge in [-0.2, -0.15) is 0 Å². The Morgan fingerprint density at radius 3 is 2.58 bits per heavy atom. The van der Waals surface area contributed by atoms with Gasteiger partial charge in [0.2, 0.25) is 5.91 Å². The van der Waals surface area contributed by atoms with Gasteiger partial charge >= 0.3 is 5.97 Å². The van der Waals surface area contributed by atoms with Crippen LogP contribution in [0.15, 0.2) is 54.6 Å². The highest BCUT2D eigenvalue weighted by Crippen LogP contribution is 2.23. The van der Waals surface area contributed by atoms with E-state index in [4.69, 9.17) is 22.1 Å².